The van der Waals surface area contributed by atoms with Gasteiger partial charge in [0.05, 0.1) is 7.11 Å². The van der Waals surface area contributed by atoms with Crippen LogP contribution in [0.25, 0.3) is 0 Å². The molecule has 27 heavy (non-hydrogen) atoms. The number of nitrogens with one attached hydrogen (secondary N) is 2. The van der Waals surface area contributed by atoms with Crippen LogP contribution < -0.4 is 15.4 Å². The van der Waals surface area contributed by atoms with Crippen LogP contribution in [0.3, 0.4) is 0 Å². The topological polar surface area (TPSA) is 87.7 Å². The van der Waals surface area contributed by atoms with Crippen molar-refractivity contribution in [3.05, 3.63) is 60.2 Å². The van der Waals surface area contributed by atoms with Crippen molar-refractivity contribution in [1.82, 2.24) is 10.2 Å². The number of ether oxygens (including phenoxy) is 1. The molecule has 0 aromatic heterocycles. The van der Waals surface area contributed by atoms with E-state index in [1.807, 2.05) is 13.0 Å². The minimum Gasteiger partial charge on any atom is -0.497 e. The third kappa shape index (κ3) is 3.48. The van der Waals surface area contributed by atoms with Crippen molar-refractivity contribution in [2.75, 3.05) is 19.0 Å². The normalized spacial score (nSPS) is 19.0. The number of carbonyl (C=O) groups excluding carboxylic acids is 3. The first-order valence-electron chi connectivity index (χ1n) is 8.63. The maximum absolute atomic E-state index is 13.0. The van der Waals surface area contributed by atoms with Gasteiger partial charge in [-0.3, -0.25) is 14.5 Å². The molecule has 1 aliphatic rings. The molecule has 1 fully saturated rings. The molecule has 2 aromatic carbocycles. The number of amides is 4. The monoisotopic (exact) mass is 367 g/mol. The van der Waals surface area contributed by atoms with E-state index >= 15 is 0 Å². The molecule has 140 valence electrons. The largest absolute Gasteiger partial charge is 0.497 e. The minimum absolute atomic E-state index is 0.350. The summed E-state index contributed by atoms with van der Waals surface area (Å²) in [5.74, 6) is -0.226. The molecule has 0 radical (unpaired) electrons. The molecule has 1 heterocycles. The molecule has 7 nitrogen and oxygen atoms in total. The van der Waals surface area contributed by atoms with Gasteiger partial charge in [0, 0.05) is 5.69 Å². The zero-order valence-corrected chi connectivity index (χ0v) is 15.2. The fraction of sp³-hybridized carbons (Fsp3) is 0.250. The van der Waals surface area contributed by atoms with Crippen molar-refractivity contribution in [3.63, 3.8) is 0 Å². The molecular formula is C20H21N3O4. The highest BCUT2D eigenvalue weighted by Crippen LogP contribution is 2.33. The van der Waals surface area contributed by atoms with E-state index in [-0.39, 0.29) is 6.54 Å². The first-order valence-corrected chi connectivity index (χ1v) is 8.63. The fourth-order valence-corrected chi connectivity index (χ4v) is 3.15. The van der Waals surface area contributed by atoms with Gasteiger partial charge in [0.15, 0.2) is 0 Å². The highest BCUT2D eigenvalue weighted by molar-refractivity contribution is 6.10. The summed E-state index contributed by atoms with van der Waals surface area (Å²) in [6.07, 6.45) is 0.362. The van der Waals surface area contributed by atoms with Gasteiger partial charge >= 0.3 is 6.03 Å². The lowest BCUT2D eigenvalue weighted by molar-refractivity contribution is -0.134. The van der Waals surface area contributed by atoms with E-state index in [9.17, 15) is 14.4 Å². The Morgan fingerprint density at radius 2 is 1.78 bits per heavy atom. The van der Waals surface area contributed by atoms with E-state index in [2.05, 4.69) is 10.6 Å². The van der Waals surface area contributed by atoms with Crippen LogP contribution in [0.2, 0.25) is 0 Å². The number of urea groups is 1. The van der Waals surface area contributed by atoms with Crippen molar-refractivity contribution in [2.45, 2.75) is 18.9 Å². The summed E-state index contributed by atoms with van der Waals surface area (Å²) in [5, 5.41) is 5.44. The van der Waals surface area contributed by atoms with Crippen molar-refractivity contribution in [3.8, 4) is 5.75 Å². The summed E-state index contributed by atoms with van der Waals surface area (Å²) in [6, 6.07) is 15.2. The Hall–Kier alpha value is -3.35. The van der Waals surface area contributed by atoms with E-state index in [0.717, 1.165) is 4.90 Å². The average Bonchev–Trinajstić information content (AvgIpc) is 2.94. The molecule has 2 aromatic rings. The molecule has 1 saturated heterocycles. The van der Waals surface area contributed by atoms with Crippen molar-refractivity contribution in [1.29, 1.82) is 0 Å². The van der Waals surface area contributed by atoms with Crippen molar-refractivity contribution < 1.29 is 19.1 Å². The van der Waals surface area contributed by atoms with Gasteiger partial charge < -0.3 is 15.4 Å². The number of benzene rings is 2. The molecule has 1 aliphatic heterocycles. The number of rotatable bonds is 6. The minimum atomic E-state index is -1.18. The zero-order chi connectivity index (χ0) is 19.4. The first-order chi connectivity index (χ1) is 13.0. The van der Waals surface area contributed by atoms with Gasteiger partial charge in [-0.05, 0) is 36.2 Å². The van der Waals surface area contributed by atoms with E-state index < -0.39 is 23.4 Å². The Kier molecular flexibility index (Phi) is 5.12. The third-order valence-corrected chi connectivity index (χ3v) is 4.65. The van der Waals surface area contributed by atoms with Crippen molar-refractivity contribution >= 4 is 23.5 Å². The van der Waals surface area contributed by atoms with E-state index in [1.54, 1.807) is 55.6 Å². The van der Waals surface area contributed by atoms with Crippen LogP contribution in [0.4, 0.5) is 10.5 Å². The van der Waals surface area contributed by atoms with Crippen LogP contribution in [-0.4, -0.2) is 36.4 Å². The van der Waals surface area contributed by atoms with Gasteiger partial charge in [-0.2, -0.15) is 0 Å². The lowest BCUT2D eigenvalue weighted by Gasteiger charge is -2.26. The maximum atomic E-state index is 13.0. The van der Waals surface area contributed by atoms with Gasteiger partial charge in [-0.1, -0.05) is 37.3 Å². The third-order valence-electron chi connectivity index (χ3n) is 4.65. The summed E-state index contributed by atoms with van der Waals surface area (Å²) in [6.45, 7) is 1.47. The predicted octanol–water partition coefficient (Wildman–Crippen LogP) is 2.49. The lowest BCUT2D eigenvalue weighted by Crippen LogP contribution is -2.44. The standard InChI is InChI=1S/C20H21N3O4/c1-3-20(14-9-11-16(27-2)12-10-14)18(25)23(19(26)22-20)13-17(24)21-15-7-5-4-6-8-15/h4-12H,3,13H2,1-2H3,(H,21,24)(H,22,26)/t20-/m0/s1. The number of carbonyl (C=O) groups is 3. The molecule has 2 N–H and O–H groups in total. The molecule has 0 unspecified atom stereocenters. The Morgan fingerprint density at radius 3 is 2.37 bits per heavy atom. The van der Waals surface area contributed by atoms with Gasteiger partial charge in [0.1, 0.15) is 17.8 Å². The van der Waals surface area contributed by atoms with Crippen LogP contribution in [-0.2, 0) is 15.1 Å². The van der Waals surface area contributed by atoms with E-state index in [4.69, 9.17) is 4.74 Å². The Morgan fingerprint density at radius 1 is 1.11 bits per heavy atom. The van der Waals surface area contributed by atoms with Crippen LogP contribution in [0.15, 0.2) is 54.6 Å². The molecule has 7 heteroatoms. The number of nitrogens with zero attached hydrogens (tertiary/aromatic N) is 1. The van der Waals surface area contributed by atoms with Crippen LogP contribution in [0, 0.1) is 0 Å². The molecule has 0 bridgehead atoms. The second-order valence-corrected chi connectivity index (χ2v) is 6.22. The highest BCUT2D eigenvalue weighted by atomic mass is 16.5. The number of para-hydroxylation sites is 1. The van der Waals surface area contributed by atoms with E-state index in [1.165, 1.54) is 0 Å². The Balaban J connectivity index is 1.79. The average molecular weight is 367 g/mol. The number of hydrogen-bond donors (Lipinski definition) is 2. The van der Waals surface area contributed by atoms with Crippen LogP contribution in [0.5, 0.6) is 5.75 Å². The Labute approximate surface area is 157 Å². The first kappa shape index (κ1) is 18.4. The number of imide groups is 1. The van der Waals surface area contributed by atoms with Crippen LogP contribution >= 0.6 is 0 Å². The summed E-state index contributed by atoms with van der Waals surface area (Å²) in [5.41, 5.74) is 0.0673. The number of methoxy groups -OCH3 is 1. The molecule has 3 rings (SSSR count). The van der Waals surface area contributed by atoms with Gasteiger partial charge in [0.2, 0.25) is 5.91 Å². The Bertz CT molecular complexity index is 851. The van der Waals surface area contributed by atoms with Gasteiger partial charge in [-0.15, -0.1) is 0 Å². The second kappa shape index (κ2) is 7.49. The smallest absolute Gasteiger partial charge is 0.325 e. The lowest BCUT2D eigenvalue weighted by atomic mass is 9.87. The summed E-state index contributed by atoms with van der Waals surface area (Å²) in [4.78, 5) is 38.7. The summed E-state index contributed by atoms with van der Waals surface area (Å²) < 4.78 is 5.14. The quantitative estimate of drug-likeness (QED) is 0.768. The van der Waals surface area contributed by atoms with Crippen molar-refractivity contribution in [2.24, 2.45) is 0 Å². The second-order valence-electron chi connectivity index (χ2n) is 6.22. The molecule has 0 spiro atoms. The fourth-order valence-electron chi connectivity index (χ4n) is 3.15. The van der Waals surface area contributed by atoms with Gasteiger partial charge in [0.25, 0.3) is 5.91 Å². The molecule has 0 saturated carbocycles. The molecule has 1 atom stereocenters. The number of hydrogen-bond acceptors (Lipinski definition) is 4. The van der Waals surface area contributed by atoms with E-state index in [0.29, 0.717) is 23.4 Å². The zero-order valence-electron chi connectivity index (χ0n) is 15.2. The number of anilines is 1. The molecule has 0 aliphatic carbocycles. The predicted molar refractivity (Wildman–Crippen MR) is 100 cm³/mol. The van der Waals surface area contributed by atoms with Gasteiger partial charge in [-0.25, -0.2) is 4.79 Å². The summed E-state index contributed by atoms with van der Waals surface area (Å²) in [7, 11) is 1.56. The SMILES string of the molecule is CC[C@@]1(c2ccc(OC)cc2)NC(=O)N(CC(=O)Nc2ccccc2)C1=O. The molecular weight excluding hydrogens is 346 g/mol. The van der Waals surface area contributed by atoms with Crippen LogP contribution in [0.1, 0.15) is 18.9 Å². The molecule has 4 amide bonds. The maximum Gasteiger partial charge on any atom is 0.325 e. The summed E-state index contributed by atoms with van der Waals surface area (Å²) >= 11 is 0. The highest BCUT2D eigenvalue weighted by Gasteiger charge is 2.51.